The minimum atomic E-state index is -4.51. The maximum absolute atomic E-state index is 12.7. The molecule has 0 aliphatic carbocycles. The summed E-state index contributed by atoms with van der Waals surface area (Å²) < 4.78 is 38.1. The fourth-order valence-electron chi connectivity index (χ4n) is 2.61. The topological polar surface area (TPSA) is 103 Å². The molecule has 8 nitrogen and oxygen atoms in total. The van der Waals surface area contributed by atoms with Crippen LogP contribution in [0.3, 0.4) is 0 Å². The van der Waals surface area contributed by atoms with Crippen molar-refractivity contribution < 1.29 is 18.0 Å². The first-order valence-corrected chi connectivity index (χ1v) is 9.80. The van der Waals surface area contributed by atoms with Crippen LogP contribution >= 0.6 is 0 Å². The normalized spacial score (nSPS) is 11.7. The molecule has 1 aromatic heterocycles. The van der Waals surface area contributed by atoms with Gasteiger partial charge in [0.25, 0.3) is 5.91 Å². The molecule has 168 valence electrons. The number of rotatable bonds is 9. The van der Waals surface area contributed by atoms with Crippen LogP contribution in [0.25, 0.3) is 0 Å². The number of anilines is 1. The highest BCUT2D eigenvalue weighted by Gasteiger charge is 2.32. The third kappa shape index (κ3) is 8.11. The maximum Gasteiger partial charge on any atom is 0.433 e. The van der Waals surface area contributed by atoms with E-state index in [1.54, 1.807) is 13.1 Å². The summed E-state index contributed by atoms with van der Waals surface area (Å²) in [5.74, 6) is 0.351. The third-order valence-electron chi connectivity index (χ3n) is 4.08. The van der Waals surface area contributed by atoms with Gasteiger partial charge in [0.1, 0.15) is 5.69 Å². The molecule has 1 aromatic carbocycles. The fourth-order valence-corrected chi connectivity index (χ4v) is 2.61. The molecule has 0 unspecified atom stereocenters. The quantitative estimate of drug-likeness (QED) is 0.272. The summed E-state index contributed by atoms with van der Waals surface area (Å²) >= 11 is 0. The number of halogens is 3. The van der Waals surface area contributed by atoms with Crippen molar-refractivity contribution >= 4 is 17.8 Å². The lowest BCUT2D eigenvalue weighted by atomic mass is 10.1. The molecule has 2 rings (SSSR count). The van der Waals surface area contributed by atoms with Crippen molar-refractivity contribution in [2.45, 2.75) is 19.5 Å². The van der Waals surface area contributed by atoms with Gasteiger partial charge in [-0.1, -0.05) is 12.1 Å². The number of hydrogen-bond donors (Lipinski definition) is 4. The molecule has 0 aliphatic heterocycles. The van der Waals surface area contributed by atoms with E-state index in [1.807, 2.05) is 25.1 Å². The first-order valence-electron chi connectivity index (χ1n) is 9.80. The molecule has 1 heterocycles. The molecule has 31 heavy (non-hydrogen) atoms. The standard InChI is InChI=1S/C20H26F3N7O/c1-3-25-18(26-9-7-14-5-4-6-15(13-14)17(31)24-2)28-11-12-29-19-27-10-8-16(30-19)20(21,22)23/h4-6,8,10,13H,3,7,9,11-12H2,1-2H3,(H,24,31)(H2,25,26,28)(H,27,29,30). The molecular formula is C20H26F3N7O. The van der Waals surface area contributed by atoms with Crippen LogP contribution in [0.4, 0.5) is 19.1 Å². The Balaban J connectivity index is 1.83. The number of nitrogens with one attached hydrogen (secondary N) is 4. The van der Waals surface area contributed by atoms with Gasteiger partial charge in [-0.05, 0) is 37.1 Å². The Morgan fingerprint density at radius 1 is 1.16 bits per heavy atom. The van der Waals surface area contributed by atoms with Gasteiger partial charge < -0.3 is 21.3 Å². The molecular weight excluding hydrogens is 411 g/mol. The zero-order chi connectivity index (χ0) is 22.7. The molecule has 0 atom stereocenters. The van der Waals surface area contributed by atoms with Gasteiger partial charge in [0.2, 0.25) is 5.95 Å². The number of carbonyl (C=O) groups excluding carboxylic acids is 1. The van der Waals surface area contributed by atoms with Gasteiger partial charge in [-0.25, -0.2) is 9.97 Å². The molecule has 0 fully saturated rings. The Labute approximate surface area is 178 Å². The Hall–Kier alpha value is -3.37. The van der Waals surface area contributed by atoms with Gasteiger partial charge in [0.05, 0.1) is 0 Å². The van der Waals surface area contributed by atoms with Crippen molar-refractivity contribution in [2.75, 3.05) is 38.5 Å². The van der Waals surface area contributed by atoms with Crippen LogP contribution in [0, 0.1) is 0 Å². The lowest BCUT2D eigenvalue weighted by Gasteiger charge is -2.12. The molecule has 0 saturated carbocycles. The lowest BCUT2D eigenvalue weighted by Crippen LogP contribution is -2.39. The minimum Gasteiger partial charge on any atom is -0.357 e. The number of aromatic nitrogens is 2. The second kappa shape index (κ2) is 11.7. The zero-order valence-corrected chi connectivity index (χ0v) is 17.4. The van der Waals surface area contributed by atoms with E-state index >= 15 is 0 Å². The van der Waals surface area contributed by atoms with Gasteiger partial charge in [-0.15, -0.1) is 0 Å². The van der Waals surface area contributed by atoms with Crippen LogP contribution in [0.2, 0.25) is 0 Å². The number of guanidine groups is 1. The summed E-state index contributed by atoms with van der Waals surface area (Å²) in [5.41, 5.74) is 0.592. The van der Waals surface area contributed by atoms with Gasteiger partial charge in [0.15, 0.2) is 5.96 Å². The summed E-state index contributed by atoms with van der Waals surface area (Å²) in [6.07, 6.45) is -2.80. The summed E-state index contributed by atoms with van der Waals surface area (Å²) in [6, 6.07) is 8.16. The number of amides is 1. The molecule has 4 N–H and O–H groups in total. The van der Waals surface area contributed by atoms with Crippen molar-refractivity contribution in [1.82, 2.24) is 25.9 Å². The van der Waals surface area contributed by atoms with E-state index in [0.29, 0.717) is 44.1 Å². The van der Waals surface area contributed by atoms with E-state index in [9.17, 15) is 18.0 Å². The molecule has 0 saturated heterocycles. The maximum atomic E-state index is 12.7. The number of nitrogens with zero attached hydrogens (tertiary/aromatic N) is 3. The Morgan fingerprint density at radius 2 is 1.97 bits per heavy atom. The predicted molar refractivity (Wildman–Crippen MR) is 113 cm³/mol. The highest BCUT2D eigenvalue weighted by atomic mass is 19.4. The zero-order valence-electron chi connectivity index (χ0n) is 17.4. The average Bonchev–Trinajstić information content (AvgIpc) is 2.76. The van der Waals surface area contributed by atoms with E-state index in [0.717, 1.165) is 17.8 Å². The number of benzene rings is 1. The number of carbonyl (C=O) groups is 1. The largest absolute Gasteiger partial charge is 0.433 e. The third-order valence-corrected chi connectivity index (χ3v) is 4.08. The monoisotopic (exact) mass is 437 g/mol. The van der Waals surface area contributed by atoms with Crippen LogP contribution in [0.15, 0.2) is 41.5 Å². The second-order valence-corrected chi connectivity index (χ2v) is 6.41. The molecule has 2 aromatic rings. The SMILES string of the molecule is CCNC(=NCCc1cccc(C(=O)NC)c1)NCCNc1nccc(C(F)(F)F)n1. The van der Waals surface area contributed by atoms with E-state index < -0.39 is 11.9 Å². The molecule has 1 amide bonds. The Bertz CT molecular complexity index is 887. The van der Waals surface area contributed by atoms with Crippen molar-refractivity contribution in [2.24, 2.45) is 4.99 Å². The van der Waals surface area contributed by atoms with Crippen molar-refractivity contribution in [3.8, 4) is 0 Å². The average molecular weight is 437 g/mol. The molecule has 11 heteroatoms. The summed E-state index contributed by atoms with van der Waals surface area (Å²) in [6.45, 7) is 3.79. The first kappa shape index (κ1) is 23.9. The smallest absolute Gasteiger partial charge is 0.357 e. The highest BCUT2D eigenvalue weighted by molar-refractivity contribution is 5.94. The van der Waals surface area contributed by atoms with E-state index in [2.05, 4.69) is 36.2 Å². The second-order valence-electron chi connectivity index (χ2n) is 6.41. The minimum absolute atomic E-state index is 0.0884. The van der Waals surface area contributed by atoms with Crippen LogP contribution in [-0.2, 0) is 12.6 Å². The summed E-state index contributed by atoms with van der Waals surface area (Å²) in [7, 11) is 1.58. The molecule has 0 aliphatic rings. The number of alkyl halides is 3. The number of aliphatic imine (C=N–C) groups is 1. The molecule has 0 spiro atoms. The lowest BCUT2D eigenvalue weighted by molar-refractivity contribution is -0.141. The van der Waals surface area contributed by atoms with Crippen molar-refractivity contribution in [3.05, 3.63) is 53.3 Å². The highest BCUT2D eigenvalue weighted by Crippen LogP contribution is 2.27. The van der Waals surface area contributed by atoms with E-state index in [-0.39, 0.29) is 11.9 Å². The van der Waals surface area contributed by atoms with E-state index in [1.165, 1.54) is 0 Å². The van der Waals surface area contributed by atoms with Crippen LogP contribution in [0.5, 0.6) is 0 Å². The number of hydrogen-bond acceptors (Lipinski definition) is 5. The van der Waals surface area contributed by atoms with Crippen LogP contribution in [0.1, 0.15) is 28.5 Å². The van der Waals surface area contributed by atoms with Gasteiger partial charge >= 0.3 is 6.18 Å². The van der Waals surface area contributed by atoms with Gasteiger partial charge in [-0.3, -0.25) is 9.79 Å². The van der Waals surface area contributed by atoms with E-state index in [4.69, 9.17) is 0 Å². The summed E-state index contributed by atoms with van der Waals surface area (Å²) in [4.78, 5) is 23.4. The van der Waals surface area contributed by atoms with Gasteiger partial charge in [0, 0.05) is 45.0 Å². The fraction of sp³-hybridized carbons (Fsp3) is 0.400. The predicted octanol–water partition coefficient (Wildman–Crippen LogP) is 2.06. The molecule has 0 bridgehead atoms. The van der Waals surface area contributed by atoms with Crippen molar-refractivity contribution in [1.29, 1.82) is 0 Å². The van der Waals surface area contributed by atoms with Crippen LogP contribution < -0.4 is 21.3 Å². The van der Waals surface area contributed by atoms with Crippen LogP contribution in [-0.4, -0.2) is 55.1 Å². The molecule has 0 radical (unpaired) electrons. The first-order chi connectivity index (χ1) is 14.8. The Kier molecular flexibility index (Phi) is 9.04. The van der Waals surface area contributed by atoms with Crippen molar-refractivity contribution in [3.63, 3.8) is 0 Å². The van der Waals surface area contributed by atoms with Gasteiger partial charge in [-0.2, -0.15) is 13.2 Å². The Morgan fingerprint density at radius 3 is 2.68 bits per heavy atom. The summed E-state index contributed by atoms with van der Waals surface area (Å²) in [5, 5.41) is 11.5.